The normalized spacial score (nSPS) is 19.2. The molecule has 1 aromatic rings. The summed E-state index contributed by atoms with van der Waals surface area (Å²) in [6, 6.07) is 3.76. The first-order valence-corrected chi connectivity index (χ1v) is 4.83. The topological polar surface area (TPSA) is 21.6 Å². The van der Waals surface area contributed by atoms with Crippen molar-refractivity contribution < 1.29 is 13.5 Å². The summed E-state index contributed by atoms with van der Waals surface area (Å²) in [5, 5.41) is 0. The van der Waals surface area contributed by atoms with E-state index in [0.717, 1.165) is 12.5 Å². The summed E-state index contributed by atoms with van der Waals surface area (Å²) in [6.07, 6.45) is 2.70. The molecule has 1 aliphatic rings. The molecule has 2 nitrogen and oxygen atoms in total. The quantitative estimate of drug-likeness (QED) is 0.751. The molecule has 80 valence electrons. The summed E-state index contributed by atoms with van der Waals surface area (Å²) in [7, 11) is 0. The van der Waals surface area contributed by atoms with Crippen LogP contribution in [0.15, 0.2) is 23.2 Å². The number of hydrogen-bond donors (Lipinski definition) is 0. The molecule has 0 saturated carbocycles. The lowest BCUT2D eigenvalue weighted by Crippen LogP contribution is -2.08. The number of aryl methyl sites for hydroxylation is 1. The first-order chi connectivity index (χ1) is 7.25. The Morgan fingerprint density at radius 1 is 1.40 bits per heavy atom. The first-order valence-electron chi connectivity index (χ1n) is 4.83. The molecule has 0 spiro atoms. The molecule has 2 rings (SSSR count). The Morgan fingerprint density at radius 3 is 2.93 bits per heavy atom. The predicted octanol–water partition coefficient (Wildman–Crippen LogP) is 2.32. The molecule has 1 atom stereocenters. The molecule has 0 amide bonds. The molecule has 4 heteroatoms. The highest BCUT2D eigenvalue weighted by molar-refractivity contribution is 5.48. The van der Waals surface area contributed by atoms with Gasteiger partial charge in [0.25, 0.3) is 0 Å². The van der Waals surface area contributed by atoms with Gasteiger partial charge in [0.1, 0.15) is 18.2 Å². The second-order valence-electron chi connectivity index (χ2n) is 3.52. The molecular formula is C11H11F2NO. The van der Waals surface area contributed by atoms with E-state index in [4.69, 9.17) is 4.74 Å². The van der Waals surface area contributed by atoms with E-state index in [1.165, 1.54) is 18.5 Å². The fraction of sp³-hybridized carbons (Fsp3) is 0.364. The van der Waals surface area contributed by atoms with Crippen LogP contribution < -0.4 is 0 Å². The Morgan fingerprint density at radius 2 is 2.27 bits per heavy atom. The minimum absolute atomic E-state index is 0.106. The van der Waals surface area contributed by atoms with Crippen LogP contribution in [0.3, 0.4) is 0 Å². The van der Waals surface area contributed by atoms with Crippen LogP contribution in [0.1, 0.15) is 12.0 Å². The largest absolute Gasteiger partial charge is 0.481 e. The summed E-state index contributed by atoms with van der Waals surface area (Å²) < 4.78 is 30.8. The van der Waals surface area contributed by atoms with E-state index < -0.39 is 11.6 Å². The minimum Gasteiger partial charge on any atom is -0.481 e. The number of halogens is 2. The zero-order valence-electron chi connectivity index (χ0n) is 8.12. The molecule has 1 heterocycles. The van der Waals surface area contributed by atoms with Crippen LogP contribution in [0.4, 0.5) is 8.78 Å². The highest BCUT2D eigenvalue weighted by atomic mass is 19.1. The van der Waals surface area contributed by atoms with Crippen molar-refractivity contribution in [1.82, 2.24) is 0 Å². The van der Waals surface area contributed by atoms with Crippen LogP contribution in [0, 0.1) is 11.6 Å². The lowest BCUT2D eigenvalue weighted by Gasteiger charge is -2.06. The smallest absolute Gasteiger partial charge is 0.169 e. The lowest BCUT2D eigenvalue weighted by molar-refractivity contribution is 0.321. The first kappa shape index (κ1) is 10.1. The molecular weight excluding hydrogens is 200 g/mol. The Labute approximate surface area is 86.6 Å². The number of aliphatic imine (C=N–C) groups is 1. The van der Waals surface area contributed by atoms with E-state index in [-0.39, 0.29) is 6.04 Å². The van der Waals surface area contributed by atoms with Crippen molar-refractivity contribution in [2.45, 2.75) is 18.9 Å². The van der Waals surface area contributed by atoms with E-state index in [1.54, 1.807) is 0 Å². The van der Waals surface area contributed by atoms with Crippen LogP contribution in [0.25, 0.3) is 0 Å². The molecule has 0 bridgehead atoms. The second-order valence-corrected chi connectivity index (χ2v) is 3.52. The van der Waals surface area contributed by atoms with Crippen LogP contribution in [0.2, 0.25) is 0 Å². The van der Waals surface area contributed by atoms with Gasteiger partial charge in [-0.05, 0) is 24.5 Å². The van der Waals surface area contributed by atoms with E-state index in [0.29, 0.717) is 18.6 Å². The number of ether oxygens (including phenoxy) is 1. The zero-order chi connectivity index (χ0) is 10.7. The van der Waals surface area contributed by atoms with Gasteiger partial charge in [0.2, 0.25) is 0 Å². The highest BCUT2D eigenvalue weighted by Crippen LogP contribution is 2.14. The van der Waals surface area contributed by atoms with Crippen molar-refractivity contribution in [3.63, 3.8) is 0 Å². The maximum Gasteiger partial charge on any atom is 0.169 e. The molecule has 1 aromatic carbocycles. The van der Waals surface area contributed by atoms with Gasteiger partial charge in [-0.25, -0.2) is 8.78 Å². The van der Waals surface area contributed by atoms with Crippen LogP contribution >= 0.6 is 0 Å². The monoisotopic (exact) mass is 211 g/mol. The molecule has 0 radical (unpaired) electrons. The van der Waals surface area contributed by atoms with Crippen molar-refractivity contribution >= 4 is 6.40 Å². The van der Waals surface area contributed by atoms with E-state index >= 15 is 0 Å². The summed E-state index contributed by atoms with van der Waals surface area (Å²) in [4.78, 5) is 4.05. The van der Waals surface area contributed by atoms with Gasteiger partial charge >= 0.3 is 0 Å². The van der Waals surface area contributed by atoms with Gasteiger partial charge in [0, 0.05) is 6.07 Å². The van der Waals surface area contributed by atoms with Crippen molar-refractivity contribution in [3.05, 3.63) is 35.4 Å². The summed E-state index contributed by atoms with van der Waals surface area (Å²) in [5.74, 6) is -1.03. The van der Waals surface area contributed by atoms with Gasteiger partial charge in [-0.15, -0.1) is 0 Å². The van der Waals surface area contributed by atoms with Crippen molar-refractivity contribution in [2.75, 3.05) is 6.61 Å². The highest BCUT2D eigenvalue weighted by Gasteiger charge is 2.12. The van der Waals surface area contributed by atoms with Gasteiger partial charge in [0.05, 0.1) is 6.04 Å². The maximum absolute atomic E-state index is 13.2. The van der Waals surface area contributed by atoms with E-state index in [2.05, 4.69) is 4.99 Å². The average molecular weight is 211 g/mol. The number of benzene rings is 1. The zero-order valence-corrected chi connectivity index (χ0v) is 8.12. The van der Waals surface area contributed by atoms with Crippen LogP contribution in [0.5, 0.6) is 0 Å². The molecule has 0 N–H and O–H groups in total. The number of rotatable bonds is 3. The molecule has 0 aromatic heterocycles. The summed E-state index contributed by atoms with van der Waals surface area (Å²) >= 11 is 0. The third-order valence-electron chi connectivity index (χ3n) is 2.40. The van der Waals surface area contributed by atoms with Gasteiger partial charge in [-0.3, -0.25) is 4.99 Å². The van der Waals surface area contributed by atoms with Gasteiger partial charge in [0.15, 0.2) is 6.40 Å². The Bertz CT molecular complexity index is 379. The molecule has 1 aliphatic heterocycles. The average Bonchev–Trinajstić information content (AvgIpc) is 2.69. The third kappa shape index (κ3) is 2.52. The molecule has 0 aliphatic carbocycles. The van der Waals surface area contributed by atoms with Crippen LogP contribution in [-0.2, 0) is 11.2 Å². The molecule has 15 heavy (non-hydrogen) atoms. The Balaban J connectivity index is 1.95. The lowest BCUT2D eigenvalue weighted by atomic mass is 10.1. The van der Waals surface area contributed by atoms with Crippen molar-refractivity contribution in [1.29, 1.82) is 0 Å². The summed E-state index contributed by atoms with van der Waals surface area (Å²) in [5.41, 5.74) is 0.526. The number of hydrogen-bond acceptors (Lipinski definition) is 2. The van der Waals surface area contributed by atoms with Gasteiger partial charge in [-0.2, -0.15) is 0 Å². The molecule has 0 saturated heterocycles. The minimum atomic E-state index is -0.543. The fourth-order valence-corrected chi connectivity index (χ4v) is 1.53. The van der Waals surface area contributed by atoms with Crippen molar-refractivity contribution in [2.24, 2.45) is 4.99 Å². The Kier molecular flexibility index (Phi) is 2.94. The van der Waals surface area contributed by atoms with Gasteiger partial charge < -0.3 is 4.74 Å². The van der Waals surface area contributed by atoms with Crippen LogP contribution in [-0.4, -0.2) is 19.0 Å². The Hall–Kier alpha value is -1.45. The molecule has 0 fully saturated rings. The molecule has 1 unspecified atom stereocenters. The summed E-state index contributed by atoms with van der Waals surface area (Å²) in [6.45, 7) is 0.558. The number of nitrogens with zero attached hydrogens (tertiary/aromatic N) is 1. The SMILES string of the molecule is Fc1ccc(CCC2COC=N2)c(F)c1. The standard InChI is InChI=1S/C11H11F2NO/c12-9-3-1-8(11(13)5-9)2-4-10-6-15-7-14-10/h1,3,5,7,10H,2,4,6H2. The second kappa shape index (κ2) is 4.38. The van der Waals surface area contributed by atoms with Crippen molar-refractivity contribution in [3.8, 4) is 0 Å². The third-order valence-corrected chi connectivity index (χ3v) is 2.40. The van der Waals surface area contributed by atoms with Gasteiger partial charge in [-0.1, -0.05) is 6.07 Å². The maximum atomic E-state index is 13.2. The van der Waals surface area contributed by atoms with E-state index in [1.807, 2.05) is 0 Å². The predicted molar refractivity (Wildman–Crippen MR) is 52.9 cm³/mol. The fourth-order valence-electron chi connectivity index (χ4n) is 1.53. The van der Waals surface area contributed by atoms with E-state index in [9.17, 15) is 8.78 Å².